The van der Waals surface area contributed by atoms with E-state index in [1.807, 2.05) is 0 Å². The molecule has 0 spiro atoms. The number of carbonyl (C=O) groups excluding carboxylic acids is 6. The minimum Gasteiger partial charge on any atom is -0.454 e. The molecule has 0 saturated heterocycles. The lowest BCUT2D eigenvalue weighted by molar-refractivity contribution is -0.265. The Kier molecular flexibility index (Phi) is 13.9. The van der Waals surface area contributed by atoms with Gasteiger partial charge in [-0.25, -0.2) is 0 Å². The van der Waals surface area contributed by atoms with E-state index in [4.69, 9.17) is 28.4 Å². The molecule has 0 aromatic rings. The molecule has 0 aromatic carbocycles. The van der Waals surface area contributed by atoms with Crippen LogP contribution in [0.1, 0.15) is 83.1 Å². The second kappa shape index (κ2) is 15.9. The Labute approximate surface area is 248 Å². The van der Waals surface area contributed by atoms with Gasteiger partial charge in [-0.3, -0.25) is 28.8 Å². The molecule has 0 unspecified atom stereocenters. The van der Waals surface area contributed by atoms with Crippen molar-refractivity contribution in [3.63, 3.8) is 0 Å². The lowest BCUT2D eigenvalue weighted by Crippen LogP contribution is -2.69. The predicted octanol–water partition coefficient (Wildman–Crippen LogP) is 3.41. The summed E-state index contributed by atoms with van der Waals surface area (Å²) in [6.45, 7) is 18.8. The number of rotatable bonds is 12. The topological polar surface area (TPSA) is 158 Å². The largest absolute Gasteiger partial charge is 0.454 e. The Morgan fingerprint density at radius 3 is 0.452 bits per heavy atom. The van der Waals surface area contributed by atoms with E-state index in [1.165, 1.54) is 0 Å². The normalized spacial score (nSPS) is 24.1. The number of esters is 6. The molecule has 0 heterocycles. The summed E-state index contributed by atoms with van der Waals surface area (Å²) < 4.78 is 34.6. The maximum atomic E-state index is 13.0. The highest BCUT2D eigenvalue weighted by Gasteiger charge is 2.61. The van der Waals surface area contributed by atoms with Crippen LogP contribution < -0.4 is 0 Å². The van der Waals surface area contributed by atoms with Crippen molar-refractivity contribution in [1.82, 2.24) is 0 Å². The first kappa shape index (κ1) is 36.8. The van der Waals surface area contributed by atoms with Crippen molar-refractivity contribution in [3.8, 4) is 0 Å². The van der Waals surface area contributed by atoms with Crippen LogP contribution in [0.5, 0.6) is 0 Å². The zero-order valence-electron chi connectivity index (χ0n) is 26.8. The van der Waals surface area contributed by atoms with Gasteiger partial charge in [-0.1, -0.05) is 83.1 Å². The maximum absolute atomic E-state index is 13.0. The Morgan fingerprint density at radius 2 is 0.381 bits per heavy atom. The molecule has 12 nitrogen and oxygen atoms in total. The average molecular weight is 601 g/mol. The monoisotopic (exact) mass is 600 g/mol. The van der Waals surface area contributed by atoms with Gasteiger partial charge in [0.1, 0.15) is 0 Å². The number of carbonyl (C=O) groups is 6. The van der Waals surface area contributed by atoms with Gasteiger partial charge < -0.3 is 28.4 Å². The highest BCUT2D eigenvalue weighted by Crippen LogP contribution is 2.36. The Morgan fingerprint density at radius 1 is 0.286 bits per heavy atom. The van der Waals surface area contributed by atoms with Crippen LogP contribution in [0.2, 0.25) is 0 Å². The van der Waals surface area contributed by atoms with Crippen LogP contribution in [-0.4, -0.2) is 72.4 Å². The van der Waals surface area contributed by atoms with Gasteiger partial charge in [0.05, 0.1) is 35.5 Å². The van der Waals surface area contributed by atoms with E-state index >= 15 is 0 Å². The molecule has 42 heavy (non-hydrogen) atoms. The molecule has 1 aliphatic rings. The molecule has 1 aliphatic carbocycles. The summed E-state index contributed by atoms with van der Waals surface area (Å²) in [5.41, 5.74) is 0. The molecule has 0 aromatic heterocycles. The van der Waals surface area contributed by atoms with Crippen molar-refractivity contribution < 1.29 is 57.2 Å². The summed E-state index contributed by atoms with van der Waals surface area (Å²) >= 11 is 0. The van der Waals surface area contributed by atoms with Gasteiger partial charge in [0.25, 0.3) is 0 Å². The molecule has 1 saturated carbocycles. The minimum atomic E-state index is -1.60. The van der Waals surface area contributed by atoms with Gasteiger partial charge in [-0.15, -0.1) is 0 Å². The van der Waals surface area contributed by atoms with E-state index in [1.54, 1.807) is 83.1 Å². The molecular weight excluding hydrogens is 552 g/mol. The zero-order valence-corrected chi connectivity index (χ0v) is 26.8. The van der Waals surface area contributed by atoms with Crippen molar-refractivity contribution in [2.75, 3.05) is 0 Å². The quantitative estimate of drug-likeness (QED) is 0.238. The molecular formula is C30H48O12. The van der Waals surface area contributed by atoms with Crippen molar-refractivity contribution in [2.45, 2.75) is 120 Å². The Hall–Kier alpha value is -3.18. The van der Waals surface area contributed by atoms with Crippen LogP contribution >= 0.6 is 0 Å². The van der Waals surface area contributed by atoms with Crippen molar-refractivity contribution in [3.05, 3.63) is 0 Å². The molecule has 0 aliphatic heterocycles. The first-order valence-electron chi connectivity index (χ1n) is 14.5. The lowest BCUT2D eigenvalue weighted by Gasteiger charge is -2.48. The van der Waals surface area contributed by atoms with Gasteiger partial charge in [-0.2, -0.15) is 0 Å². The fourth-order valence-electron chi connectivity index (χ4n) is 3.55. The van der Waals surface area contributed by atoms with E-state index in [0.29, 0.717) is 0 Å². The molecule has 0 radical (unpaired) electrons. The van der Waals surface area contributed by atoms with E-state index in [9.17, 15) is 28.8 Å². The van der Waals surface area contributed by atoms with E-state index in [0.717, 1.165) is 0 Å². The summed E-state index contributed by atoms with van der Waals surface area (Å²) in [5.74, 6) is -8.53. The second-order valence-electron chi connectivity index (χ2n) is 12.3. The maximum Gasteiger partial charge on any atom is 0.308 e. The van der Waals surface area contributed by atoms with Gasteiger partial charge in [0.15, 0.2) is 36.6 Å². The van der Waals surface area contributed by atoms with Crippen molar-refractivity contribution in [1.29, 1.82) is 0 Å². The van der Waals surface area contributed by atoms with E-state index in [2.05, 4.69) is 0 Å². The van der Waals surface area contributed by atoms with Crippen LogP contribution in [0.25, 0.3) is 0 Å². The summed E-state index contributed by atoms with van der Waals surface area (Å²) in [4.78, 5) is 77.8. The first-order chi connectivity index (χ1) is 19.3. The first-order valence-corrected chi connectivity index (χ1v) is 14.5. The lowest BCUT2D eigenvalue weighted by atomic mass is 9.83. The fraction of sp³-hybridized carbons (Fsp3) is 0.800. The molecule has 1 rings (SSSR count). The van der Waals surface area contributed by atoms with Gasteiger partial charge in [0, 0.05) is 0 Å². The summed E-state index contributed by atoms with van der Waals surface area (Å²) in [5, 5.41) is 0. The summed E-state index contributed by atoms with van der Waals surface area (Å²) in [7, 11) is 0. The third-order valence-electron chi connectivity index (χ3n) is 6.28. The number of hydrogen-bond acceptors (Lipinski definition) is 12. The smallest absolute Gasteiger partial charge is 0.308 e. The average Bonchev–Trinajstić information content (AvgIpc) is 2.88. The highest BCUT2D eigenvalue weighted by molar-refractivity contribution is 5.76. The Bertz CT molecular complexity index is 767. The van der Waals surface area contributed by atoms with Crippen molar-refractivity contribution in [2.24, 2.45) is 35.5 Å². The third-order valence-corrected chi connectivity index (χ3v) is 6.28. The Balaban J connectivity index is 4.06. The summed E-state index contributed by atoms with van der Waals surface area (Å²) in [6, 6.07) is 0. The third kappa shape index (κ3) is 9.97. The molecule has 1 fully saturated rings. The van der Waals surface area contributed by atoms with Gasteiger partial charge >= 0.3 is 35.8 Å². The van der Waals surface area contributed by atoms with Crippen LogP contribution in [0, 0.1) is 35.5 Å². The van der Waals surface area contributed by atoms with Crippen LogP contribution in [0.3, 0.4) is 0 Å². The molecule has 240 valence electrons. The molecule has 0 amide bonds. The van der Waals surface area contributed by atoms with Gasteiger partial charge in [0.2, 0.25) is 0 Å². The van der Waals surface area contributed by atoms with Gasteiger partial charge in [-0.05, 0) is 0 Å². The standard InChI is InChI=1S/C30H48O12/c1-13(2)25(31)37-19-20(38-26(32)14(3)4)22(40-28(34)16(7)8)24(42-30(36)18(11)12)23(41-29(35)17(9)10)21(19)39-27(33)15(5)6/h13-24H,1-12H3/t19-,20-,21-,22+,23-,24-. The highest BCUT2D eigenvalue weighted by atomic mass is 16.7. The predicted molar refractivity (Wildman–Crippen MR) is 148 cm³/mol. The fourth-order valence-corrected chi connectivity index (χ4v) is 3.55. The number of hydrogen-bond donors (Lipinski definition) is 0. The summed E-state index contributed by atoms with van der Waals surface area (Å²) in [6.07, 6.45) is -9.62. The van der Waals surface area contributed by atoms with E-state index in [-0.39, 0.29) is 0 Å². The minimum absolute atomic E-state index is 0.669. The van der Waals surface area contributed by atoms with Crippen molar-refractivity contribution >= 4 is 35.8 Å². The zero-order chi connectivity index (χ0) is 32.6. The van der Waals surface area contributed by atoms with Crippen LogP contribution in [-0.2, 0) is 57.2 Å². The molecule has 0 N–H and O–H groups in total. The molecule has 12 heteroatoms. The SMILES string of the molecule is CC(C)C(=O)O[C@H]1[C@H](OC(=O)C(C)C)[C@@H](OC(=O)C(C)C)[C@H](OC(=O)C(C)C)[C@@H](OC(=O)C(C)C)[C@H]1OC(=O)C(C)C. The van der Waals surface area contributed by atoms with E-state index < -0.39 is 108 Å². The molecule has 0 bridgehead atoms. The molecule has 0 atom stereocenters. The van der Waals surface area contributed by atoms with Crippen LogP contribution in [0.4, 0.5) is 0 Å². The number of ether oxygens (including phenoxy) is 6. The van der Waals surface area contributed by atoms with Crippen LogP contribution in [0.15, 0.2) is 0 Å². The second-order valence-corrected chi connectivity index (χ2v) is 12.3.